The molecule has 0 radical (unpaired) electrons. The van der Waals surface area contributed by atoms with E-state index in [1.54, 1.807) is 0 Å². The molecule has 0 unspecified atom stereocenters. The molecule has 2 heterocycles. The number of carbonyl (C=O) groups is 1. The van der Waals surface area contributed by atoms with Gasteiger partial charge in [-0.1, -0.05) is 59.5 Å². The van der Waals surface area contributed by atoms with Crippen LogP contribution in [0, 0.1) is 0 Å². The highest BCUT2D eigenvalue weighted by molar-refractivity contribution is 8.01. The second-order valence-electron chi connectivity index (χ2n) is 5.38. The largest absolute Gasteiger partial charge is 0.360 e. The Labute approximate surface area is 150 Å². The van der Waals surface area contributed by atoms with Crippen LogP contribution in [0.15, 0.2) is 40.7 Å². The van der Waals surface area contributed by atoms with Gasteiger partial charge in [0.05, 0.1) is 5.75 Å². The summed E-state index contributed by atoms with van der Waals surface area (Å²) in [6, 6.07) is 10.4. The van der Waals surface area contributed by atoms with Crippen LogP contribution in [0.1, 0.15) is 18.9 Å². The molecule has 0 saturated carbocycles. The van der Waals surface area contributed by atoms with E-state index >= 15 is 0 Å². The number of aromatic nitrogens is 2. The van der Waals surface area contributed by atoms with Crippen LogP contribution in [-0.4, -0.2) is 46.4 Å². The summed E-state index contributed by atoms with van der Waals surface area (Å²) in [5.41, 5.74) is 2.58. The number of benzene rings is 1. The zero-order valence-corrected chi connectivity index (χ0v) is 15.2. The lowest BCUT2D eigenvalue weighted by atomic mass is 10.00. The molecule has 1 aromatic carbocycles. The van der Waals surface area contributed by atoms with Gasteiger partial charge >= 0.3 is 0 Å². The molecule has 1 aliphatic heterocycles. The molecule has 5 nitrogen and oxygen atoms in total. The van der Waals surface area contributed by atoms with E-state index in [0.717, 1.165) is 29.0 Å². The molecule has 3 rings (SSSR count). The quantitative estimate of drug-likeness (QED) is 0.801. The second-order valence-corrected chi connectivity index (χ2v) is 7.58. The van der Waals surface area contributed by atoms with Crippen molar-refractivity contribution < 1.29 is 4.79 Å². The molecule has 0 spiro atoms. The molecule has 1 amide bonds. The van der Waals surface area contributed by atoms with E-state index in [-0.39, 0.29) is 5.91 Å². The van der Waals surface area contributed by atoms with Crippen LogP contribution in [0.4, 0.5) is 5.13 Å². The second kappa shape index (κ2) is 8.30. The Kier molecular flexibility index (Phi) is 5.87. The average molecular weight is 361 g/mol. The topological polar surface area (TPSA) is 58.1 Å². The monoisotopic (exact) mass is 360 g/mol. The van der Waals surface area contributed by atoms with E-state index in [2.05, 4.69) is 33.7 Å². The van der Waals surface area contributed by atoms with Crippen molar-refractivity contribution in [3.63, 3.8) is 0 Å². The Morgan fingerprint density at radius 2 is 2.17 bits per heavy atom. The summed E-state index contributed by atoms with van der Waals surface area (Å²) < 4.78 is 0.830. The summed E-state index contributed by atoms with van der Waals surface area (Å²) in [6.07, 6.45) is 3.07. The van der Waals surface area contributed by atoms with Gasteiger partial charge in [-0.2, -0.15) is 0 Å². The SMILES string of the molecule is CCNc1nnc(SCC(=O)N2CC=C(c3ccccc3)CC2)s1. The Bertz CT molecular complexity index is 714. The van der Waals surface area contributed by atoms with Crippen molar-refractivity contribution in [2.24, 2.45) is 0 Å². The first-order valence-corrected chi connectivity index (χ1v) is 9.79. The first-order chi connectivity index (χ1) is 11.8. The maximum atomic E-state index is 12.4. The van der Waals surface area contributed by atoms with Gasteiger partial charge in [-0.25, -0.2) is 0 Å². The van der Waals surface area contributed by atoms with Gasteiger partial charge in [-0.3, -0.25) is 4.79 Å². The molecular weight excluding hydrogens is 340 g/mol. The minimum atomic E-state index is 0.156. The molecule has 7 heteroatoms. The maximum absolute atomic E-state index is 12.4. The van der Waals surface area contributed by atoms with E-state index < -0.39 is 0 Å². The van der Waals surface area contributed by atoms with Crippen LogP contribution < -0.4 is 5.32 Å². The van der Waals surface area contributed by atoms with Crippen LogP contribution in [0.3, 0.4) is 0 Å². The van der Waals surface area contributed by atoms with E-state index in [0.29, 0.717) is 12.3 Å². The summed E-state index contributed by atoms with van der Waals surface area (Å²) in [7, 11) is 0. The summed E-state index contributed by atoms with van der Waals surface area (Å²) >= 11 is 2.95. The Balaban J connectivity index is 1.50. The van der Waals surface area contributed by atoms with Crippen LogP contribution in [0.2, 0.25) is 0 Å². The predicted molar refractivity (Wildman–Crippen MR) is 100 cm³/mol. The standard InChI is InChI=1S/C17H20N4OS2/c1-2-18-16-19-20-17(24-16)23-12-15(22)21-10-8-14(9-11-21)13-6-4-3-5-7-13/h3-8H,2,9-12H2,1H3,(H,18,19). The number of thioether (sulfide) groups is 1. The van der Waals surface area contributed by atoms with Crippen molar-refractivity contribution in [3.05, 3.63) is 42.0 Å². The molecule has 2 aromatic rings. The molecular formula is C17H20N4OS2. The number of hydrogen-bond acceptors (Lipinski definition) is 6. The third-order valence-corrected chi connectivity index (χ3v) is 5.76. The summed E-state index contributed by atoms with van der Waals surface area (Å²) in [5.74, 6) is 0.568. The zero-order valence-electron chi connectivity index (χ0n) is 13.6. The van der Waals surface area contributed by atoms with Crippen LogP contribution in [-0.2, 0) is 4.79 Å². The van der Waals surface area contributed by atoms with Gasteiger partial charge in [0.1, 0.15) is 0 Å². The molecule has 0 atom stereocenters. The van der Waals surface area contributed by atoms with Gasteiger partial charge in [0.2, 0.25) is 11.0 Å². The predicted octanol–water partition coefficient (Wildman–Crippen LogP) is 3.38. The number of hydrogen-bond donors (Lipinski definition) is 1. The van der Waals surface area contributed by atoms with E-state index in [1.165, 1.54) is 34.2 Å². The summed E-state index contributed by atoms with van der Waals surface area (Å²) in [5, 5.41) is 12.1. The summed E-state index contributed by atoms with van der Waals surface area (Å²) in [6.45, 7) is 4.30. The number of anilines is 1. The van der Waals surface area contributed by atoms with Gasteiger partial charge in [0.25, 0.3) is 0 Å². The molecule has 126 valence electrons. The Morgan fingerprint density at radius 3 is 2.88 bits per heavy atom. The van der Waals surface area contributed by atoms with Crippen LogP contribution >= 0.6 is 23.1 Å². The highest BCUT2D eigenvalue weighted by atomic mass is 32.2. The average Bonchev–Trinajstić information content (AvgIpc) is 3.08. The fourth-order valence-corrected chi connectivity index (χ4v) is 4.24. The lowest BCUT2D eigenvalue weighted by molar-refractivity contribution is -0.127. The Morgan fingerprint density at radius 1 is 1.33 bits per heavy atom. The van der Waals surface area contributed by atoms with E-state index in [1.807, 2.05) is 30.0 Å². The molecule has 0 fully saturated rings. The third kappa shape index (κ3) is 4.36. The maximum Gasteiger partial charge on any atom is 0.233 e. The molecule has 0 aliphatic carbocycles. The molecule has 1 aliphatic rings. The van der Waals surface area contributed by atoms with Crippen molar-refractivity contribution in [3.8, 4) is 0 Å². The molecule has 1 aromatic heterocycles. The molecule has 0 bridgehead atoms. The molecule has 0 saturated heterocycles. The van der Waals surface area contributed by atoms with Crippen LogP contribution in [0.5, 0.6) is 0 Å². The van der Waals surface area contributed by atoms with Gasteiger partial charge < -0.3 is 10.2 Å². The number of amides is 1. The van der Waals surface area contributed by atoms with Gasteiger partial charge in [-0.05, 0) is 24.5 Å². The zero-order chi connectivity index (χ0) is 16.8. The van der Waals surface area contributed by atoms with E-state index in [4.69, 9.17) is 0 Å². The normalized spacial score (nSPS) is 14.4. The lowest BCUT2D eigenvalue weighted by Gasteiger charge is -2.26. The highest BCUT2D eigenvalue weighted by Crippen LogP contribution is 2.26. The fourth-order valence-electron chi connectivity index (χ4n) is 2.52. The smallest absolute Gasteiger partial charge is 0.233 e. The van der Waals surface area contributed by atoms with Crippen molar-refractivity contribution in [1.29, 1.82) is 0 Å². The van der Waals surface area contributed by atoms with Gasteiger partial charge in [-0.15, -0.1) is 10.2 Å². The van der Waals surface area contributed by atoms with Crippen molar-refractivity contribution in [2.75, 3.05) is 30.7 Å². The minimum absolute atomic E-state index is 0.156. The number of nitrogens with zero attached hydrogens (tertiary/aromatic N) is 3. The fraction of sp³-hybridized carbons (Fsp3) is 0.353. The third-order valence-electron chi connectivity index (χ3n) is 3.76. The van der Waals surface area contributed by atoms with Gasteiger partial charge in [0, 0.05) is 19.6 Å². The Hall–Kier alpha value is -1.86. The molecule has 24 heavy (non-hydrogen) atoms. The minimum Gasteiger partial charge on any atom is -0.360 e. The van der Waals surface area contributed by atoms with Crippen molar-refractivity contribution in [2.45, 2.75) is 17.7 Å². The van der Waals surface area contributed by atoms with Crippen molar-refractivity contribution >= 4 is 39.7 Å². The molecule has 1 N–H and O–H groups in total. The lowest BCUT2D eigenvalue weighted by Crippen LogP contribution is -2.35. The van der Waals surface area contributed by atoms with Crippen LogP contribution in [0.25, 0.3) is 5.57 Å². The number of rotatable bonds is 6. The summed E-state index contributed by atoms with van der Waals surface area (Å²) in [4.78, 5) is 14.3. The van der Waals surface area contributed by atoms with E-state index in [9.17, 15) is 4.79 Å². The number of carbonyl (C=O) groups excluding carboxylic acids is 1. The highest BCUT2D eigenvalue weighted by Gasteiger charge is 2.18. The first-order valence-electron chi connectivity index (χ1n) is 7.98. The first kappa shape index (κ1) is 17.0. The number of nitrogens with one attached hydrogen (secondary N) is 1. The van der Waals surface area contributed by atoms with Gasteiger partial charge in [0.15, 0.2) is 4.34 Å². The van der Waals surface area contributed by atoms with Crippen molar-refractivity contribution in [1.82, 2.24) is 15.1 Å².